The topological polar surface area (TPSA) is 124 Å². The lowest BCUT2D eigenvalue weighted by molar-refractivity contribution is -0.166. The van der Waals surface area contributed by atoms with Crippen molar-refractivity contribution in [2.24, 2.45) is 0 Å². The molecule has 0 saturated carbocycles. The number of nitrogens with zero attached hydrogens (tertiary/aromatic N) is 2. The van der Waals surface area contributed by atoms with Crippen LogP contribution in [0.1, 0.15) is 31.7 Å². The highest BCUT2D eigenvalue weighted by atomic mass is 32.2. The van der Waals surface area contributed by atoms with Crippen LogP contribution in [0.4, 0.5) is 0 Å². The van der Waals surface area contributed by atoms with E-state index in [9.17, 15) is 29.1 Å². The molecule has 1 aromatic rings. The first kappa shape index (κ1) is 21.8. The number of aliphatic carboxylic acids is 1. The second-order valence-corrected chi connectivity index (χ2v) is 8.61. The zero-order valence-corrected chi connectivity index (χ0v) is 17.3. The van der Waals surface area contributed by atoms with E-state index < -0.39 is 35.1 Å². The first-order chi connectivity index (χ1) is 14.3. The number of hydrogen-bond donors (Lipinski definition) is 2. The van der Waals surface area contributed by atoms with Gasteiger partial charge in [-0.25, -0.2) is 9.80 Å². The molecule has 1 unspecified atom stereocenters. The van der Waals surface area contributed by atoms with Crippen LogP contribution in [0.3, 0.4) is 0 Å². The van der Waals surface area contributed by atoms with Crippen LogP contribution in [0.15, 0.2) is 30.3 Å². The number of hydrogen-bond acceptors (Lipinski definition) is 6. The van der Waals surface area contributed by atoms with Gasteiger partial charge in [-0.2, -0.15) is 0 Å². The predicted molar refractivity (Wildman–Crippen MR) is 108 cm³/mol. The van der Waals surface area contributed by atoms with Crippen LogP contribution >= 0.6 is 11.8 Å². The van der Waals surface area contributed by atoms with Gasteiger partial charge in [0, 0.05) is 26.3 Å². The Kier molecular flexibility index (Phi) is 6.76. The van der Waals surface area contributed by atoms with Crippen molar-refractivity contribution in [1.29, 1.82) is 0 Å². The van der Waals surface area contributed by atoms with Gasteiger partial charge in [0.1, 0.15) is 6.04 Å². The number of hydrazine groups is 1. The Hall–Kier alpha value is -2.88. The van der Waals surface area contributed by atoms with Gasteiger partial charge in [-0.15, -0.1) is 0 Å². The average Bonchev–Trinajstić information content (AvgIpc) is 3.11. The van der Waals surface area contributed by atoms with Crippen LogP contribution in [0.5, 0.6) is 0 Å². The molecule has 2 aliphatic heterocycles. The summed E-state index contributed by atoms with van der Waals surface area (Å²) in [7, 11) is 0. The molecule has 0 bridgehead atoms. The molecule has 2 fully saturated rings. The summed E-state index contributed by atoms with van der Waals surface area (Å²) < 4.78 is 0. The van der Waals surface area contributed by atoms with E-state index in [1.165, 1.54) is 11.9 Å². The smallest absolute Gasteiger partial charge is 0.328 e. The molecule has 2 aliphatic rings. The minimum atomic E-state index is -1.19. The lowest BCUT2D eigenvalue weighted by Crippen LogP contribution is -2.55. The second-order valence-electron chi connectivity index (χ2n) is 7.23. The molecular weight excluding hydrogens is 410 g/mol. The maximum atomic E-state index is 13.0. The highest BCUT2D eigenvalue weighted by molar-refractivity contribution is 8.14. The Morgan fingerprint density at radius 1 is 1.20 bits per heavy atom. The van der Waals surface area contributed by atoms with Crippen LogP contribution in [-0.4, -0.2) is 67.8 Å². The summed E-state index contributed by atoms with van der Waals surface area (Å²) in [5, 5.41) is 13.2. The van der Waals surface area contributed by atoms with Crippen LogP contribution < -0.4 is 5.32 Å². The molecule has 1 aromatic carbocycles. The molecule has 3 atom stereocenters. The first-order valence-electron chi connectivity index (χ1n) is 9.65. The Morgan fingerprint density at radius 3 is 2.53 bits per heavy atom. The van der Waals surface area contributed by atoms with E-state index in [1.54, 1.807) is 0 Å². The first-order valence-corrected chi connectivity index (χ1v) is 10.5. The number of fused-ring (bicyclic) bond motifs is 1. The van der Waals surface area contributed by atoms with Gasteiger partial charge in [-0.1, -0.05) is 42.1 Å². The highest BCUT2D eigenvalue weighted by Crippen LogP contribution is 2.26. The minimum Gasteiger partial charge on any atom is -0.480 e. The van der Waals surface area contributed by atoms with Crippen LogP contribution in [0.25, 0.3) is 0 Å². The molecule has 10 heteroatoms. The zero-order chi connectivity index (χ0) is 21.8. The molecule has 0 aromatic heterocycles. The van der Waals surface area contributed by atoms with Crippen molar-refractivity contribution in [3.05, 3.63) is 35.9 Å². The molecule has 0 aliphatic carbocycles. The molecular formula is C20H23N3O6S. The Balaban J connectivity index is 1.77. The van der Waals surface area contributed by atoms with Crippen LogP contribution in [0, 0.1) is 0 Å². The number of amides is 3. The number of carbonyl (C=O) groups is 5. The summed E-state index contributed by atoms with van der Waals surface area (Å²) in [6.45, 7) is 1.52. The van der Waals surface area contributed by atoms with Gasteiger partial charge in [0.05, 0.1) is 5.25 Å². The maximum absolute atomic E-state index is 13.0. The average molecular weight is 433 g/mol. The fraction of sp³-hybridized carbons (Fsp3) is 0.450. The Morgan fingerprint density at radius 2 is 1.90 bits per heavy atom. The van der Waals surface area contributed by atoms with Gasteiger partial charge >= 0.3 is 5.97 Å². The number of carbonyl (C=O) groups excluding carboxylic acids is 4. The monoisotopic (exact) mass is 433 g/mol. The van der Waals surface area contributed by atoms with Crippen molar-refractivity contribution in [2.75, 3.05) is 6.54 Å². The Labute approximate surface area is 177 Å². The van der Waals surface area contributed by atoms with E-state index >= 15 is 0 Å². The third kappa shape index (κ3) is 4.81. The summed E-state index contributed by atoms with van der Waals surface area (Å²) in [4.78, 5) is 61.5. The molecule has 0 radical (unpaired) electrons. The summed E-state index contributed by atoms with van der Waals surface area (Å²) >= 11 is 0.876. The standard InChI is InChI=1S/C20H23N3O6S/c1-12(24)30-16(11-13-5-3-2-4-6-13)18(26)21-14-7-8-17(25)22-10-9-15(20(28)29)23(22)19(14)27/h2-6,14-16H,7-11H2,1H3,(H,21,26)(H,28,29)/t14?,15-,16+/m0/s1. The van der Waals surface area contributed by atoms with E-state index in [2.05, 4.69) is 5.32 Å². The van der Waals surface area contributed by atoms with Gasteiger partial charge in [0.15, 0.2) is 11.2 Å². The van der Waals surface area contributed by atoms with Crippen molar-refractivity contribution in [3.8, 4) is 0 Å². The molecule has 2 heterocycles. The van der Waals surface area contributed by atoms with Gasteiger partial charge in [0.2, 0.25) is 11.8 Å². The van der Waals surface area contributed by atoms with E-state index in [-0.39, 0.29) is 36.8 Å². The molecule has 3 rings (SSSR count). The van der Waals surface area contributed by atoms with E-state index in [1.807, 2.05) is 30.3 Å². The molecule has 2 N–H and O–H groups in total. The van der Waals surface area contributed by atoms with Crippen LogP contribution in [0.2, 0.25) is 0 Å². The van der Waals surface area contributed by atoms with Crippen LogP contribution in [-0.2, 0) is 30.4 Å². The van der Waals surface area contributed by atoms with E-state index in [4.69, 9.17) is 0 Å². The van der Waals surface area contributed by atoms with Crippen molar-refractivity contribution < 1.29 is 29.1 Å². The summed E-state index contributed by atoms with van der Waals surface area (Å²) in [5.41, 5.74) is 0.866. The van der Waals surface area contributed by atoms with Crippen molar-refractivity contribution >= 4 is 40.6 Å². The molecule has 0 spiro atoms. The van der Waals surface area contributed by atoms with E-state index in [0.717, 1.165) is 22.3 Å². The lowest BCUT2D eigenvalue weighted by atomic mass is 10.1. The summed E-state index contributed by atoms with van der Waals surface area (Å²) in [6, 6.07) is 7.03. The molecule has 3 amide bonds. The molecule has 160 valence electrons. The number of carboxylic acids is 1. The zero-order valence-electron chi connectivity index (χ0n) is 16.4. The normalized spacial score (nSPS) is 22.3. The quantitative estimate of drug-likeness (QED) is 0.673. The lowest BCUT2D eigenvalue weighted by Gasteiger charge is -2.30. The Bertz CT molecular complexity index is 861. The SMILES string of the molecule is CC(=O)S[C@H](Cc1ccccc1)C(=O)NC1CCC(=O)N2CC[C@@H](C(=O)O)N2C1=O. The predicted octanol–water partition coefficient (Wildman–Crippen LogP) is 0.585. The number of carboxylic acid groups (broad SMARTS) is 1. The van der Waals surface area contributed by atoms with E-state index in [0.29, 0.717) is 6.42 Å². The van der Waals surface area contributed by atoms with Gasteiger partial charge in [0.25, 0.3) is 5.91 Å². The summed E-state index contributed by atoms with van der Waals surface area (Å²) in [6.07, 6.45) is 0.531. The largest absolute Gasteiger partial charge is 0.480 e. The third-order valence-electron chi connectivity index (χ3n) is 5.09. The van der Waals surface area contributed by atoms with Crippen molar-refractivity contribution in [2.45, 2.75) is 49.9 Å². The summed E-state index contributed by atoms with van der Waals surface area (Å²) in [5.74, 6) is -2.66. The van der Waals surface area contributed by atoms with Gasteiger partial charge < -0.3 is 10.4 Å². The molecule has 2 saturated heterocycles. The van der Waals surface area contributed by atoms with Crippen molar-refractivity contribution in [3.63, 3.8) is 0 Å². The fourth-order valence-corrected chi connectivity index (χ4v) is 4.53. The maximum Gasteiger partial charge on any atom is 0.328 e. The van der Waals surface area contributed by atoms with Gasteiger partial charge in [-0.05, 0) is 18.4 Å². The molecule has 30 heavy (non-hydrogen) atoms. The minimum absolute atomic E-state index is 0.0166. The second kappa shape index (κ2) is 9.29. The highest BCUT2D eigenvalue weighted by Gasteiger charge is 2.47. The number of benzene rings is 1. The van der Waals surface area contributed by atoms with Crippen molar-refractivity contribution in [1.82, 2.24) is 15.3 Å². The van der Waals surface area contributed by atoms with Gasteiger partial charge in [-0.3, -0.25) is 24.2 Å². The third-order valence-corrected chi connectivity index (χ3v) is 6.09. The molecule has 9 nitrogen and oxygen atoms in total. The fourth-order valence-electron chi connectivity index (χ4n) is 3.68. The number of thioether (sulfide) groups is 1. The number of rotatable bonds is 6. The number of nitrogens with one attached hydrogen (secondary N) is 1.